The molecule has 8 nitrogen and oxygen atoms in total. The van der Waals surface area contributed by atoms with Crippen molar-refractivity contribution in [2.45, 2.75) is 170 Å². The van der Waals surface area contributed by atoms with Crippen molar-refractivity contribution in [1.29, 1.82) is 0 Å². The molecular formula is C52H76N4O4S4. The van der Waals surface area contributed by atoms with Crippen LogP contribution in [-0.2, 0) is 21.7 Å². The molecule has 0 atom stereocenters. The van der Waals surface area contributed by atoms with Crippen LogP contribution in [0.25, 0.3) is 0 Å². The summed E-state index contributed by atoms with van der Waals surface area (Å²) in [4.78, 5) is 8.11. The highest BCUT2D eigenvalue weighted by atomic mass is 32.2. The standard InChI is InChI=1S/C52H76N4O4S4/c1-49(2,3)33-25-37-45(57-21-13-17-53)38(26-33)62-40-28-35(51(7,8)9)30-42(47(40)59-23-15-19-55)64-44-32-36(52(10,11)12)31-43(48(44)60-24-16-20-56)63-41-29-34(50(4,5)6)27-39(61-37)46(41)58-22-14-18-54/h25-32H,13-24,53-56H2,1-12H3. The smallest absolute Gasteiger partial charge is 0.147 e. The van der Waals surface area contributed by atoms with Crippen LogP contribution in [0, 0.1) is 0 Å². The zero-order valence-electron chi connectivity index (χ0n) is 40.7. The van der Waals surface area contributed by atoms with E-state index in [1.165, 1.54) is 22.3 Å². The van der Waals surface area contributed by atoms with Gasteiger partial charge in [0.25, 0.3) is 0 Å². The highest BCUT2D eigenvalue weighted by molar-refractivity contribution is 8.01. The molecule has 0 unspecified atom stereocenters. The zero-order valence-corrected chi connectivity index (χ0v) is 43.9. The van der Waals surface area contributed by atoms with Crippen molar-refractivity contribution in [3.8, 4) is 23.0 Å². The fraction of sp³-hybridized carbons (Fsp3) is 0.538. The lowest BCUT2D eigenvalue weighted by Crippen LogP contribution is -2.14. The van der Waals surface area contributed by atoms with E-state index in [0.29, 0.717) is 52.6 Å². The van der Waals surface area contributed by atoms with Crippen LogP contribution in [-0.4, -0.2) is 52.6 Å². The van der Waals surface area contributed by atoms with Gasteiger partial charge in [-0.3, -0.25) is 0 Å². The van der Waals surface area contributed by atoms with Gasteiger partial charge in [-0.05, 0) is 144 Å². The minimum atomic E-state index is -0.168. The Kier molecular flexibility index (Phi) is 18.3. The summed E-state index contributed by atoms with van der Waals surface area (Å²) in [5.41, 5.74) is 28.5. The number of rotatable bonds is 16. The third-order valence-electron chi connectivity index (χ3n) is 10.8. The number of hydrogen-bond acceptors (Lipinski definition) is 12. The van der Waals surface area contributed by atoms with Crippen LogP contribution < -0.4 is 41.9 Å². The molecule has 64 heavy (non-hydrogen) atoms. The SMILES string of the molecule is CC(C)(C)c1cc2c(OCCCN)c(c1)Sc1cc(C(C)(C)C)cc(c1OCCCN)Sc1cc(C(C)(C)C)cc(c1OCCCN)Sc1cc(C(C)(C)C)cc(c1OCCCN)S2. The summed E-state index contributed by atoms with van der Waals surface area (Å²) >= 11 is 6.82. The first-order chi connectivity index (χ1) is 30.1. The predicted octanol–water partition coefficient (Wildman–Crippen LogP) is 12.7. The van der Waals surface area contributed by atoms with E-state index in [9.17, 15) is 0 Å². The van der Waals surface area contributed by atoms with Gasteiger partial charge in [-0.25, -0.2) is 0 Å². The average Bonchev–Trinajstić information content (AvgIpc) is 3.19. The molecule has 1 aliphatic rings. The summed E-state index contributed by atoms with van der Waals surface area (Å²) in [6.07, 6.45) is 2.89. The topological polar surface area (TPSA) is 141 Å². The fourth-order valence-corrected chi connectivity index (χ4v) is 11.5. The van der Waals surface area contributed by atoms with E-state index in [1.54, 1.807) is 47.0 Å². The molecule has 1 heterocycles. The van der Waals surface area contributed by atoms with Gasteiger partial charge >= 0.3 is 0 Å². The first-order valence-electron chi connectivity index (χ1n) is 22.9. The Balaban J connectivity index is 2.01. The molecule has 0 saturated carbocycles. The molecule has 0 aromatic heterocycles. The van der Waals surface area contributed by atoms with Crippen molar-refractivity contribution < 1.29 is 18.9 Å². The second kappa shape index (κ2) is 22.4. The van der Waals surface area contributed by atoms with Crippen molar-refractivity contribution in [1.82, 2.24) is 0 Å². The summed E-state index contributed by atoms with van der Waals surface area (Å²) in [5.74, 6) is 3.30. The molecule has 0 fully saturated rings. The number of nitrogens with two attached hydrogens (primary N) is 4. The van der Waals surface area contributed by atoms with Gasteiger partial charge in [0, 0.05) is 0 Å². The van der Waals surface area contributed by atoms with Crippen molar-refractivity contribution in [2.24, 2.45) is 22.9 Å². The van der Waals surface area contributed by atoms with Gasteiger partial charge in [0.2, 0.25) is 0 Å². The van der Waals surface area contributed by atoms with Gasteiger partial charge in [-0.1, -0.05) is 130 Å². The van der Waals surface area contributed by atoms with Crippen molar-refractivity contribution >= 4 is 47.0 Å². The van der Waals surface area contributed by atoms with Crippen LogP contribution in [0.3, 0.4) is 0 Å². The Morgan fingerprint density at radius 2 is 0.469 bits per heavy atom. The first kappa shape index (κ1) is 52.3. The fourth-order valence-electron chi connectivity index (χ4n) is 6.72. The van der Waals surface area contributed by atoms with E-state index in [-0.39, 0.29) is 21.7 Å². The second-order valence-electron chi connectivity index (χ2n) is 20.6. The summed E-state index contributed by atoms with van der Waals surface area (Å²) in [6, 6.07) is 18.5. The van der Waals surface area contributed by atoms with E-state index in [2.05, 4.69) is 132 Å². The number of ether oxygens (including phenoxy) is 4. The molecule has 1 aliphatic heterocycles. The van der Waals surface area contributed by atoms with Gasteiger partial charge < -0.3 is 41.9 Å². The van der Waals surface area contributed by atoms with Crippen LogP contribution in [0.15, 0.2) is 87.7 Å². The molecule has 4 aromatic rings. The maximum atomic E-state index is 6.91. The average molecular weight is 949 g/mol. The highest BCUT2D eigenvalue weighted by Gasteiger charge is 2.30. The predicted molar refractivity (Wildman–Crippen MR) is 274 cm³/mol. The molecule has 0 saturated heterocycles. The lowest BCUT2D eigenvalue weighted by atomic mass is 9.87. The minimum absolute atomic E-state index is 0.168. The third-order valence-corrected chi connectivity index (χ3v) is 15.0. The molecular weight excluding hydrogens is 873 g/mol. The normalized spacial score (nSPS) is 13.5. The van der Waals surface area contributed by atoms with Gasteiger partial charge in [-0.15, -0.1) is 0 Å². The molecule has 4 aromatic carbocycles. The van der Waals surface area contributed by atoms with Crippen LogP contribution >= 0.6 is 47.0 Å². The quantitative estimate of drug-likeness (QED) is 0.0700. The van der Waals surface area contributed by atoms with Gasteiger partial charge in [0.1, 0.15) is 23.0 Å². The molecule has 8 bridgehead atoms. The van der Waals surface area contributed by atoms with Crippen molar-refractivity contribution in [3.63, 3.8) is 0 Å². The van der Waals surface area contributed by atoms with E-state index < -0.39 is 0 Å². The van der Waals surface area contributed by atoms with Crippen molar-refractivity contribution in [2.75, 3.05) is 52.6 Å². The molecule has 0 aliphatic carbocycles. The molecule has 8 N–H and O–H groups in total. The molecule has 0 radical (unpaired) electrons. The van der Waals surface area contributed by atoms with Gasteiger partial charge in [-0.2, -0.15) is 0 Å². The Morgan fingerprint density at radius 1 is 0.312 bits per heavy atom. The molecule has 12 heteroatoms. The molecule has 0 spiro atoms. The number of hydrogen-bond donors (Lipinski definition) is 4. The molecule has 352 valence electrons. The Labute approximate surface area is 402 Å². The zero-order chi connectivity index (χ0) is 47.0. The van der Waals surface area contributed by atoms with Gasteiger partial charge in [0.05, 0.1) is 65.6 Å². The van der Waals surface area contributed by atoms with E-state index in [1.807, 2.05) is 0 Å². The van der Waals surface area contributed by atoms with E-state index >= 15 is 0 Å². The maximum absolute atomic E-state index is 6.91. The summed E-state index contributed by atoms with van der Waals surface area (Å²) in [7, 11) is 0. The lowest BCUT2D eigenvalue weighted by Gasteiger charge is -2.28. The highest BCUT2D eigenvalue weighted by Crippen LogP contribution is 2.56. The van der Waals surface area contributed by atoms with Gasteiger partial charge in [0.15, 0.2) is 0 Å². The monoisotopic (exact) mass is 948 g/mol. The molecule has 5 rings (SSSR count). The summed E-state index contributed by atoms with van der Waals surface area (Å²) in [6.45, 7) is 31.3. The maximum Gasteiger partial charge on any atom is 0.147 e. The second-order valence-corrected chi connectivity index (χ2v) is 24.9. The van der Waals surface area contributed by atoms with Crippen LogP contribution in [0.1, 0.15) is 131 Å². The Hall–Kier alpha value is -2.68. The van der Waals surface area contributed by atoms with Crippen LogP contribution in [0.5, 0.6) is 23.0 Å². The first-order valence-corrected chi connectivity index (χ1v) is 26.1. The lowest BCUT2D eigenvalue weighted by molar-refractivity contribution is 0.295. The van der Waals surface area contributed by atoms with Crippen LogP contribution in [0.2, 0.25) is 0 Å². The number of benzene rings is 4. The summed E-state index contributed by atoms with van der Waals surface area (Å²) < 4.78 is 27.6. The van der Waals surface area contributed by atoms with Crippen LogP contribution in [0.4, 0.5) is 0 Å². The summed E-state index contributed by atoms with van der Waals surface area (Å²) in [5, 5.41) is 0. The minimum Gasteiger partial charge on any atom is -0.491 e. The van der Waals surface area contributed by atoms with Crippen molar-refractivity contribution in [3.05, 3.63) is 70.8 Å². The Bertz CT molecular complexity index is 1800. The van der Waals surface area contributed by atoms with E-state index in [0.717, 1.165) is 87.8 Å². The Morgan fingerprint density at radius 3 is 0.594 bits per heavy atom. The molecule has 0 amide bonds. The largest absolute Gasteiger partial charge is 0.491 e. The third kappa shape index (κ3) is 13.7. The number of fused-ring (bicyclic) bond motifs is 8. The van der Waals surface area contributed by atoms with E-state index in [4.69, 9.17) is 41.9 Å².